The van der Waals surface area contributed by atoms with Crippen LogP contribution >= 0.6 is 0 Å². The van der Waals surface area contributed by atoms with E-state index in [9.17, 15) is 9.59 Å². The highest BCUT2D eigenvalue weighted by Gasteiger charge is 2.21. The van der Waals surface area contributed by atoms with Crippen molar-refractivity contribution in [3.05, 3.63) is 59.9 Å². The SMILES string of the molecule is C=C(C)C(=O)OCCCc1cc(OCCCCCCCC)c(F)cc1-c1ccc(OCC2COC(=O)OC2)cc1. The molecule has 0 radical (unpaired) electrons. The van der Waals surface area contributed by atoms with E-state index >= 15 is 4.39 Å². The van der Waals surface area contributed by atoms with Gasteiger partial charge in [-0.15, -0.1) is 0 Å². The lowest BCUT2D eigenvalue weighted by Gasteiger charge is -2.21. The van der Waals surface area contributed by atoms with Crippen LogP contribution < -0.4 is 9.47 Å². The number of aryl methyl sites for hydroxylation is 1. The van der Waals surface area contributed by atoms with Gasteiger partial charge in [0.15, 0.2) is 11.6 Å². The predicted molar refractivity (Wildman–Crippen MR) is 151 cm³/mol. The Labute approximate surface area is 236 Å². The van der Waals surface area contributed by atoms with Gasteiger partial charge in [-0.2, -0.15) is 0 Å². The van der Waals surface area contributed by atoms with Crippen LogP contribution in [0.3, 0.4) is 0 Å². The molecule has 218 valence electrons. The summed E-state index contributed by atoms with van der Waals surface area (Å²) >= 11 is 0. The molecule has 1 heterocycles. The van der Waals surface area contributed by atoms with Crippen molar-refractivity contribution in [2.45, 2.75) is 65.2 Å². The summed E-state index contributed by atoms with van der Waals surface area (Å²) in [6.07, 6.45) is 7.25. The fourth-order valence-electron chi connectivity index (χ4n) is 4.30. The highest BCUT2D eigenvalue weighted by molar-refractivity contribution is 5.86. The third kappa shape index (κ3) is 10.2. The Bertz CT molecular complexity index is 1100. The quantitative estimate of drug-likeness (QED) is 0.114. The summed E-state index contributed by atoms with van der Waals surface area (Å²) in [6.45, 7) is 8.97. The van der Waals surface area contributed by atoms with Crippen molar-refractivity contribution in [3.63, 3.8) is 0 Å². The van der Waals surface area contributed by atoms with Gasteiger partial charge in [0.05, 0.1) is 25.7 Å². The van der Waals surface area contributed by atoms with Gasteiger partial charge >= 0.3 is 12.1 Å². The summed E-state index contributed by atoms with van der Waals surface area (Å²) in [5.74, 6) is 0.0113. The molecule has 1 aliphatic heterocycles. The van der Waals surface area contributed by atoms with Gasteiger partial charge in [-0.3, -0.25) is 0 Å². The Hall–Kier alpha value is -3.55. The van der Waals surface area contributed by atoms with Gasteiger partial charge in [-0.25, -0.2) is 14.0 Å². The molecule has 0 bridgehead atoms. The Morgan fingerprint density at radius 1 is 0.975 bits per heavy atom. The van der Waals surface area contributed by atoms with Crippen molar-refractivity contribution in [1.82, 2.24) is 0 Å². The highest BCUT2D eigenvalue weighted by Crippen LogP contribution is 2.32. The van der Waals surface area contributed by atoms with E-state index in [4.69, 9.17) is 23.7 Å². The number of cyclic esters (lactones) is 2. The van der Waals surface area contributed by atoms with Crippen LogP contribution in [0.25, 0.3) is 11.1 Å². The molecule has 0 N–H and O–H groups in total. The van der Waals surface area contributed by atoms with Crippen LogP contribution in [0.1, 0.15) is 64.4 Å². The molecule has 40 heavy (non-hydrogen) atoms. The molecule has 2 aromatic carbocycles. The number of halogens is 1. The molecule has 0 aliphatic carbocycles. The van der Waals surface area contributed by atoms with Crippen LogP contribution in [0, 0.1) is 11.7 Å². The maximum Gasteiger partial charge on any atom is 0.508 e. The Morgan fingerprint density at radius 3 is 2.38 bits per heavy atom. The number of hydrogen-bond acceptors (Lipinski definition) is 7. The van der Waals surface area contributed by atoms with Crippen molar-refractivity contribution in [2.24, 2.45) is 5.92 Å². The minimum Gasteiger partial charge on any atom is -0.493 e. The number of unbranched alkanes of at least 4 members (excludes halogenated alkanes) is 5. The second kappa shape index (κ2) is 16.5. The van der Waals surface area contributed by atoms with E-state index in [-0.39, 0.29) is 31.5 Å². The maximum absolute atomic E-state index is 15.1. The smallest absolute Gasteiger partial charge is 0.493 e. The third-order valence-electron chi connectivity index (χ3n) is 6.61. The maximum atomic E-state index is 15.1. The first-order valence-corrected chi connectivity index (χ1v) is 14.2. The molecular weight excluding hydrogens is 515 g/mol. The monoisotopic (exact) mass is 556 g/mol. The second-order valence-electron chi connectivity index (χ2n) is 10.1. The molecule has 0 saturated carbocycles. The minimum atomic E-state index is -0.656. The summed E-state index contributed by atoms with van der Waals surface area (Å²) in [5, 5.41) is 0. The molecule has 1 aliphatic rings. The van der Waals surface area contributed by atoms with Crippen LogP contribution in [-0.2, 0) is 25.4 Å². The van der Waals surface area contributed by atoms with Crippen molar-refractivity contribution in [2.75, 3.05) is 33.0 Å². The van der Waals surface area contributed by atoms with E-state index in [2.05, 4.69) is 13.5 Å². The van der Waals surface area contributed by atoms with Crippen LogP contribution in [0.5, 0.6) is 11.5 Å². The molecule has 7 nitrogen and oxygen atoms in total. The lowest BCUT2D eigenvalue weighted by atomic mass is 9.96. The largest absolute Gasteiger partial charge is 0.508 e. The van der Waals surface area contributed by atoms with Crippen molar-refractivity contribution >= 4 is 12.1 Å². The fraction of sp³-hybridized carbons (Fsp3) is 0.500. The summed E-state index contributed by atoms with van der Waals surface area (Å²) < 4.78 is 41.8. The number of carbonyl (C=O) groups excluding carboxylic acids is 2. The van der Waals surface area contributed by atoms with Gasteiger partial charge in [-0.1, -0.05) is 57.7 Å². The first-order chi connectivity index (χ1) is 19.4. The summed E-state index contributed by atoms with van der Waals surface area (Å²) in [6, 6.07) is 10.7. The van der Waals surface area contributed by atoms with Gasteiger partial charge in [-0.05, 0) is 67.1 Å². The van der Waals surface area contributed by atoms with Gasteiger partial charge in [0, 0.05) is 5.57 Å². The summed E-state index contributed by atoms with van der Waals surface area (Å²) in [5.41, 5.74) is 2.83. The zero-order chi connectivity index (χ0) is 28.7. The van der Waals surface area contributed by atoms with E-state index < -0.39 is 17.9 Å². The molecule has 0 spiro atoms. The van der Waals surface area contributed by atoms with E-state index in [1.807, 2.05) is 24.3 Å². The van der Waals surface area contributed by atoms with Crippen LogP contribution in [-0.4, -0.2) is 45.2 Å². The number of hydrogen-bond donors (Lipinski definition) is 0. The molecule has 8 heteroatoms. The molecule has 0 aromatic heterocycles. The number of esters is 1. The van der Waals surface area contributed by atoms with Gasteiger partial charge in [0.25, 0.3) is 0 Å². The summed E-state index contributed by atoms with van der Waals surface area (Å²) in [4.78, 5) is 22.8. The van der Waals surface area contributed by atoms with E-state index in [0.717, 1.165) is 36.0 Å². The fourth-order valence-corrected chi connectivity index (χ4v) is 4.30. The van der Waals surface area contributed by atoms with E-state index in [0.29, 0.717) is 37.4 Å². The van der Waals surface area contributed by atoms with Gasteiger partial charge < -0.3 is 23.7 Å². The summed E-state index contributed by atoms with van der Waals surface area (Å²) in [7, 11) is 0. The highest BCUT2D eigenvalue weighted by atomic mass is 19.1. The molecule has 0 amide bonds. The van der Waals surface area contributed by atoms with Crippen LogP contribution in [0.15, 0.2) is 48.6 Å². The molecule has 0 unspecified atom stereocenters. The number of ether oxygens (including phenoxy) is 5. The number of benzene rings is 2. The Morgan fingerprint density at radius 2 is 1.68 bits per heavy atom. The standard InChI is InChI=1S/C32H41FO7/c1-4-5-6-7-8-9-16-36-30-18-26(11-10-17-37-31(34)23(2)3)28(19-29(30)33)25-12-14-27(15-13-25)38-20-24-21-39-32(35)40-22-24/h12-15,18-19,24H,2,4-11,16-17,20-22H2,1,3H3. The lowest BCUT2D eigenvalue weighted by molar-refractivity contribution is -0.139. The van der Waals surface area contributed by atoms with Crippen molar-refractivity contribution in [3.8, 4) is 22.6 Å². The lowest BCUT2D eigenvalue weighted by Crippen LogP contribution is -2.31. The normalized spacial score (nSPS) is 13.3. The first kappa shape index (κ1) is 31.0. The first-order valence-electron chi connectivity index (χ1n) is 14.2. The average Bonchev–Trinajstić information content (AvgIpc) is 2.95. The van der Waals surface area contributed by atoms with E-state index in [1.54, 1.807) is 13.0 Å². The molecule has 1 fully saturated rings. The zero-order valence-corrected chi connectivity index (χ0v) is 23.7. The van der Waals surface area contributed by atoms with Crippen LogP contribution in [0.2, 0.25) is 0 Å². The number of rotatable bonds is 17. The predicted octanol–water partition coefficient (Wildman–Crippen LogP) is 7.45. The minimum absolute atomic E-state index is 0.0408. The van der Waals surface area contributed by atoms with Crippen molar-refractivity contribution < 1.29 is 37.7 Å². The Balaban J connectivity index is 1.66. The molecule has 0 atom stereocenters. The third-order valence-corrected chi connectivity index (χ3v) is 6.61. The molecule has 2 aromatic rings. The average molecular weight is 557 g/mol. The van der Waals surface area contributed by atoms with Gasteiger partial charge in [0.2, 0.25) is 0 Å². The topological polar surface area (TPSA) is 80.3 Å². The van der Waals surface area contributed by atoms with Gasteiger partial charge in [0.1, 0.15) is 19.0 Å². The zero-order valence-electron chi connectivity index (χ0n) is 23.7. The molecule has 1 saturated heterocycles. The van der Waals surface area contributed by atoms with Crippen LogP contribution in [0.4, 0.5) is 9.18 Å². The molecular formula is C32H41FO7. The Kier molecular flexibility index (Phi) is 12.8. The molecule has 3 rings (SSSR count). The number of carbonyl (C=O) groups is 2. The van der Waals surface area contributed by atoms with Crippen molar-refractivity contribution in [1.29, 1.82) is 0 Å². The van der Waals surface area contributed by atoms with E-state index in [1.165, 1.54) is 25.3 Å². The second-order valence-corrected chi connectivity index (χ2v) is 10.1.